The van der Waals surface area contributed by atoms with Crippen molar-refractivity contribution in [3.63, 3.8) is 0 Å². The number of ether oxygens (including phenoxy) is 1. The Morgan fingerprint density at radius 1 is 1.17 bits per heavy atom. The van der Waals surface area contributed by atoms with Crippen molar-refractivity contribution in [2.24, 2.45) is 27.6 Å². The fourth-order valence-electron chi connectivity index (χ4n) is 4.91. The summed E-state index contributed by atoms with van der Waals surface area (Å²) in [5.74, 6) is -2.08. The third kappa shape index (κ3) is 4.69. The van der Waals surface area contributed by atoms with Gasteiger partial charge in [0, 0.05) is 26.6 Å². The van der Waals surface area contributed by atoms with E-state index in [1.165, 1.54) is 29.3 Å². The van der Waals surface area contributed by atoms with Crippen LogP contribution < -0.4 is 10.5 Å². The number of hydrogen-bond donors (Lipinski definition) is 1. The first-order chi connectivity index (χ1) is 17.0. The van der Waals surface area contributed by atoms with E-state index in [4.69, 9.17) is 10.5 Å². The predicted octanol–water partition coefficient (Wildman–Crippen LogP) is 2.62. The Labute approximate surface area is 209 Å². The number of hydrazone groups is 1. The molecule has 0 aromatic heterocycles. The predicted molar refractivity (Wildman–Crippen MR) is 132 cm³/mol. The van der Waals surface area contributed by atoms with Gasteiger partial charge in [-0.1, -0.05) is 44.2 Å². The molecule has 2 heterocycles. The van der Waals surface area contributed by atoms with Crippen molar-refractivity contribution in [1.29, 1.82) is 0 Å². The van der Waals surface area contributed by atoms with E-state index in [9.17, 15) is 18.8 Å². The zero-order valence-electron chi connectivity index (χ0n) is 20.7. The van der Waals surface area contributed by atoms with Crippen LogP contribution >= 0.6 is 0 Å². The summed E-state index contributed by atoms with van der Waals surface area (Å²) >= 11 is 0. The molecule has 3 amide bonds. The molecule has 2 aliphatic heterocycles. The van der Waals surface area contributed by atoms with Crippen LogP contribution in [0.5, 0.6) is 5.75 Å². The number of nitrogens with zero attached hydrogens (tertiary/aromatic N) is 3. The summed E-state index contributed by atoms with van der Waals surface area (Å²) in [4.78, 5) is 41.3. The summed E-state index contributed by atoms with van der Waals surface area (Å²) in [5.41, 5.74) is 5.22. The van der Waals surface area contributed by atoms with E-state index >= 15 is 0 Å². The van der Waals surface area contributed by atoms with E-state index in [1.807, 2.05) is 30.3 Å². The van der Waals surface area contributed by atoms with Gasteiger partial charge in [-0.3, -0.25) is 14.4 Å². The van der Waals surface area contributed by atoms with Crippen LogP contribution in [0.3, 0.4) is 0 Å². The second-order valence-corrected chi connectivity index (χ2v) is 10.0. The first-order valence-corrected chi connectivity index (χ1v) is 11.9. The fraction of sp³-hybridized carbons (Fsp3) is 0.407. The van der Waals surface area contributed by atoms with Gasteiger partial charge in [-0.05, 0) is 36.2 Å². The first-order valence-electron chi connectivity index (χ1n) is 11.9. The van der Waals surface area contributed by atoms with Crippen LogP contribution in [0.4, 0.5) is 4.39 Å². The fourth-order valence-corrected chi connectivity index (χ4v) is 4.91. The zero-order valence-corrected chi connectivity index (χ0v) is 20.7. The monoisotopic (exact) mass is 494 g/mol. The molecule has 36 heavy (non-hydrogen) atoms. The Morgan fingerprint density at radius 3 is 2.47 bits per heavy atom. The number of rotatable bonds is 8. The lowest BCUT2D eigenvalue weighted by Crippen LogP contribution is -2.58. The third-order valence-electron chi connectivity index (χ3n) is 7.30. The highest BCUT2D eigenvalue weighted by atomic mass is 19.1. The molecule has 1 fully saturated rings. The number of primary amides is 1. The number of carbonyl (C=O) groups is 3. The van der Waals surface area contributed by atoms with Gasteiger partial charge in [0.15, 0.2) is 0 Å². The number of fused-ring (bicyclic) bond motifs is 1. The number of nitrogens with two attached hydrogens (primary N) is 1. The highest BCUT2D eigenvalue weighted by Gasteiger charge is 2.54. The average Bonchev–Trinajstić information content (AvgIpc) is 3.09. The second-order valence-electron chi connectivity index (χ2n) is 10.0. The Kier molecular flexibility index (Phi) is 6.84. The molecule has 1 saturated heterocycles. The minimum atomic E-state index is -1.23. The summed E-state index contributed by atoms with van der Waals surface area (Å²) in [6, 6.07) is 15.1. The molecule has 190 valence electrons. The number of likely N-dealkylation sites (tertiary alicyclic amines) is 1. The van der Waals surface area contributed by atoms with Crippen molar-refractivity contribution in [3.05, 3.63) is 66.0 Å². The minimum absolute atomic E-state index is 0.128. The molecule has 8 nitrogen and oxygen atoms in total. The lowest BCUT2D eigenvalue weighted by Gasteiger charge is -2.42. The maximum atomic E-state index is 13.9. The maximum Gasteiger partial charge on any atom is 0.256 e. The lowest BCUT2D eigenvalue weighted by molar-refractivity contribution is -0.149. The standard InChI is InChI=1S/C27H31FN4O4/c1-26(2,24(29)34)21(16-36-20-11-9-19(28)10-12-20)23(33)32-14-13-22-27(17-32,25(35)31(3)30-22)15-18-7-5-4-6-8-18/h4-12,21H,13-17H2,1-3H3,(H2,29,34)/t21-,27-/m1/s1. The van der Waals surface area contributed by atoms with Crippen molar-refractivity contribution in [1.82, 2.24) is 9.91 Å². The summed E-state index contributed by atoms with van der Waals surface area (Å²) in [5, 5.41) is 5.85. The van der Waals surface area contributed by atoms with Gasteiger partial charge < -0.3 is 15.4 Å². The van der Waals surface area contributed by atoms with Gasteiger partial charge in [0.05, 0.1) is 17.0 Å². The van der Waals surface area contributed by atoms with Gasteiger partial charge in [0.1, 0.15) is 23.6 Å². The average molecular weight is 495 g/mol. The number of hydrogen-bond acceptors (Lipinski definition) is 5. The topological polar surface area (TPSA) is 105 Å². The van der Waals surface area contributed by atoms with E-state index in [0.717, 1.165) is 11.3 Å². The first kappa shape index (κ1) is 25.3. The van der Waals surface area contributed by atoms with Gasteiger partial charge in [-0.15, -0.1) is 0 Å². The van der Waals surface area contributed by atoms with Crippen LogP contribution in [0, 0.1) is 22.6 Å². The molecule has 0 radical (unpaired) electrons. The number of amides is 3. The van der Waals surface area contributed by atoms with Crippen LogP contribution in [0.15, 0.2) is 59.7 Å². The number of piperidine rings is 1. The Hall–Kier alpha value is -3.75. The van der Waals surface area contributed by atoms with Crippen molar-refractivity contribution in [3.8, 4) is 5.75 Å². The van der Waals surface area contributed by atoms with Crippen molar-refractivity contribution < 1.29 is 23.5 Å². The van der Waals surface area contributed by atoms with Crippen LogP contribution in [-0.4, -0.2) is 60.1 Å². The van der Waals surface area contributed by atoms with Crippen molar-refractivity contribution in [2.75, 3.05) is 26.7 Å². The molecular formula is C27H31FN4O4. The van der Waals surface area contributed by atoms with E-state index in [0.29, 0.717) is 25.1 Å². The molecule has 2 aliphatic rings. The zero-order chi connectivity index (χ0) is 26.1. The van der Waals surface area contributed by atoms with Gasteiger partial charge >= 0.3 is 0 Å². The summed E-state index contributed by atoms with van der Waals surface area (Å²) in [6.07, 6.45) is 0.854. The van der Waals surface area contributed by atoms with Crippen LogP contribution in [0.25, 0.3) is 0 Å². The molecule has 2 atom stereocenters. The van der Waals surface area contributed by atoms with Crippen LogP contribution in [-0.2, 0) is 20.8 Å². The normalized spacial score (nSPS) is 20.6. The molecule has 2 aromatic rings. The molecule has 4 rings (SSSR count). The molecule has 2 aromatic carbocycles. The van der Waals surface area contributed by atoms with E-state index in [1.54, 1.807) is 25.8 Å². The highest BCUT2D eigenvalue weighted by Crippen LogP contribution is 2.39. The molecular weight excluding hydrogens is 463 g/mol. The van der Waals surface area contributed by atoms with Gasteiger partial charge in [-0.25, -0.2) is 9.40 Å². The molecule has 0 saturated carbocycles. The number of halogens is 1. The van der Waals surface area contributed by atoms with Crippen LogP contribution in [0.2, 0.25) is 0 Å². The molecule has 9 heteroatoms. The summed E-state index contributed by atoms with van der Waals surface area (Å²) in [6.45, 7) is 3.59. The largest absolute Gasteiger partial charge is 0.493 e. The SMILES string of the molecule is CN1N=C2CCN(C(=O)[C@@H](COc3ccc(F)cc3)C(C)(C)C(N)=O)C[C@@]2(Cc2ccccc2)C1=O. The second kappa shape index (κ2) is 9.72. The molecule has 0 bridgehead atoms. The Bertz CT molecular complexity index is 1180. The van der Waals surface area contributed by atoms with Gasteiger partial charge in [0.2, 0.25) is 11.8 Å². The van der Waals surface area contributed by atoms with Crippen molar-refractivity contribution in [2.45, 2.75) is 26.7 Å². The number of benzene rings is 2. The third-order valence-corrected chi connectivity index (χ3v) is 7.30. The quantitative estimate of drug-likeness (QED) is 0.609. The molecule has 0 aliphatic carbocycles. The minimum Gasteiger partial charge on any atom is -0.493 e. The summed E-state index contributed by atoms with van der Waals surface area (Å²) in [7, 11) is 1.63. The Morgan fingerprint density at radius 2 is 1.83 bits per heavy atom. The highest BCUT2D eigenvalue weighted by molar-refractivity contribution is 6.13. The lowest BCUT2D eigenvalue weighted by atomic mass is 9.72. The van der Waals surface area contributed by atoms with E-state index in [2.05, 4.69) is 5.10 Å². The molecule has 2 N–H and O–H groups in total. The maximum absolute atomic E-state index is 13.9. The van der Waals surface area contributed by atoms with Crippen molar-refractivity contribution >= 4 is 23.4 Å². The van der Waals surface area contributed by atoms with E-state index < -0.39 is 28.5 Å². The Balaban J connectivity index is 1.61. The molecule has 0 unspecified atom stereocenters. The van der Waals surface area contributed by atoms with E-state index in [-0.39, 0.29) is 25.0 Å². The van der Waals surface area contributed by atoms with Crippen LogP contribution in [0.1, 0.15) is 25.8 Å². The smallest absolute Gasteiger partial charge is 0.256 e. The summed E-state index contributed by atoms with van der Waals surface area (Å²) < 4.78 is 19.1. The van der Waals surface area contributed by atoms with Gasteiger partial charge in [-0.2, -0.15) is 5.10 Å². The van der Waals surface area contributed by atoms with Gasteiger partial charge in [0.25, 0.3) is 5.91 Å². The number of carbonyl (C=O) groups excluding carboxylic acids is 3. The molecule has 0 spiro atoms.